The van der Waals surface area contributed by atoms with Gasteiger partial charge in [-0.2, -0.15) is 5.10 Å². The highest BCUT2D eigenvalue weighted by Gasteiger charge is 2.22. The van der Waals surface area contributed by atoms with Gasteiger partial charge in [0, 0.05) is 47.5 Å². The van der Waals surface area contributed by atoms with Crippen molar-refractivity contribution in [2.45, 2.75) is 33.0 Å². The van der Waals surface area contributed by atoms with Crippen LogP contribution in [0.25, 0.3) is 22.4 Å². The van der Waals surface area contributed by atoms with E-state index >= 15 is 0 Å². The fourth-order valence-electron chi connectivity index (χ4n) is 4.15. The number of nitrogens with zero attached hydrogens (tertiary/aromatic N) is 2. The molecule has 2 aromatic carbocycles. The number of phenols is 1. The van der Waals surface area contributed by atoms with Gasteiger partial charge in [-0.1, -0.05) is 23.7 Å². The number of phenolic OH excluding ortho intramolecular Hbond substituents is 1. The van der Waals surface area contributed by atoms with Gasteiger partial charge in [-0.15, -0.1) is 0 Å². The van der Waals surface area contributed by atoms with Crippen LogP contribution in [0.5, 0.6) is 11.5 Å². The lowest BCUT2D eigenvalue weighted by Crippen LogP contribution is -2.46. The Kier molecular flexibility index (Phi) is 6.51. The van der Waals surface area contributed by atoms with E-state index < -0.39 is 0 Å². The Bertz CT molecular complexity index is 1030. The van der Waals surface area contributed by atoms with Crippen LogP contribution in [0, 0.1) is 6.92 Å². The topological polar surface area (TPSA) is 70.6 Å². The van der Waals surface area contributed by atoms with Gasteiger partial charge in [-0.25, -0.2) is 0 Å². The third-order valence-electron chi connectivity index (χ3n) is 5.48. The largest absolute Gasteiger partial charge is 0.507 e. The highest BCUT2D eigenvalue weighted by Crippen LogP contribution is 2.38. The van der Waals surface area contributed by atoms with E-state index in [-0.39, 0.29) is 18.0 Å². The molecule has 2 N–H and O–H groups in total. The van der Waals surface area contributed by atoms with Crippen molar-refractivity contribution in [2.75, 3.05) is 26.2 Å². The molecule has 0 amide bonds. The molecule has 4 rings (SSSR count). The average Bonchev–Trinajstić information content (AvgIpc) is 3.09. The van der Waals surface area contributed by atoms with Gasteiger partial charge < -0.3 is 14.6 Å². The number of hydrogen-bond donors (Lipinski definition) is 2. The Balaban J connectivity index is 1.47. The second-order valence-corrected chi connectivity index (χ2v) is 8.56. The van der Waals surface area contributed by atoms with Crippen LogP contribution in [0.2, 0.25) is 5.02 Å². The number of aromatic hydroxyl groups is 1. The van der Waals surface area contributed by atoms with Crippen LogP contribution in [0.3, 0.4) is 0 Å². The van der Waals surface area contributed by atoms with E-state index in [2.05, 4.69) is 28.9 Å². The summed E-state index contributed by atoms with van der Waals surface area (Å²) in [5.41, 5.74) is 4.19. The van der Waals surface area contributed by atoms with Crippen molar-refractivity contribution in [2.24, 2.45) is 0 Å². The zero-order valence-electron chi connectivity index (χ0n) is 18.1. The number of aryl methyl sites for hydroxylation is 1. The molecule has 6 nitrogen and oxygen atoms in total. The third kappa shape index (κ3) is 5.03. The van der Waals surface area contributed by atoms with E-state index in [1.807, 2.05) is 43.3 Å². The number of halogens is 1. The summed E-state index contributed by atoms with van der Waals surface area (Å²) in [7, 11) is 0. The number of H-pyrrole nitrogens is 1. The second kappa shape index (κ2) is 9.30. The average molecular weight is 442 g/mol. The lowest BCUT2D eigenvalue weighted by molar-refractivity contribution is -0.0699. The van der Waals surface area contributed by atoms with Gasteiger partial charge in [-0.05, 0) is 50.6 Å². The van der Waals surface area contributed by atoms with Gasteiger partial charge in [0.05, 0.1) is 12.2 Å². The van der Waals surface area contributed by atoms with Gasteiger partial charge in [-0.3, -0.25) is 10.00 Å². The SMILES string of the molecule is Cc1[nH]nc(-c2ccc(OCCN3C[C@H](C)O[C@@H](C)C3)cc2O)c1-c1ccc(Cl)cc1. The van der Waals surface area contributed by atoms with Crippen molar-refractivity contribution in [3.63, 3.8) is 0 Å². The first-order valence-corrected chi connectivity index (χ1v) is 10.9. The number of morpholine rings is 1. The van der Waals surface area contributed by atoms with Crippen molar-refractivity contribution >= 4 is 11.6 Å². The molecule has 1 saturated heterocycles. The van der Waals surface area contributed by atoms with Crippen LogP contribution in [-0.2, 0) is 4.74 Å². The molecule has 0 unspecified atom stereocenters. The first-order chi connectivity index (χ1) is 14.9. The summed E-state index contributed by atoms with van der Waals surface area (Å²) >= 11 is 6.03. The fraction of sp³-hybridized carbons (Fsp3) is 0.375. The normalized spacial score (nSPS) is 19.5. The van der Waals surface area contributed by atoms with Crippen LogP contribution in [0.4, 0.5) is 0 Å². The molecule has 0 aliphatic carbocycles. The van der Waals surface area contributed by atoms with E-state index in [9.17, 15) is 5.11 Å². The van der Waals surface area contributed by atoms with Gasteiger partial charge >= 0.3 is 0 Å². The standard InChI is InChI=1S/C24H28ClN3O3/c1-15-13-28(14-16(2)31-15)10-11-30-20-8-9-21(22(29)12-20)24-23(17(3)26-27-24)18-4-6-19(25)7-5-18/h4-9,12,15-16,29H,10-11,13-14H2,1-3H3,(H,26,27)/t15-,16-/m0/s1. The Morgan fingerprint density at radius 3 is 2.55 bits per heavy atom. The fourth-order valence-corrected chi connectivity index (χ4v) is 4.28. The Labute approximate surface area is 187 Å². The predicted molar refractivity (Wildman–Crippen MR) is 123 cm³/mol. The lowest BCUT2D eigenvalue weighted by atomic mass is 9.99. The number of aromatic nitrogens is 2. The van der Waals surface area contributed by atoms with E-state index in [1.165, 1.54) is 0 Å². The number of ether oxygens (including phenoxy) is 2. The summed E-state index contributed by atoms with van der Waals surface area (Å²) in [4.78, 5) is 2.35. The molecule has 7 heteroatoms. The van der Waals surface area contributed by atoms with Gasteiger partial charge in [0.2, 0.25) is 0 Å². The van der Waals surface area contributed by atoms with Crippen LogP contribution < -0.4 is 4.74 Å². The maximum absolute atomic E-state index is 10.7. The Morgan fingerprint density at radius 2 is 1.87 bits per heavy atom. The molecule has 0 spiro atoms. The smallest absolute Gasteiger partial charge is 0.128 e. The van der Waals surface area contributed by atoms with Crippen molar-refractivity contribution in [1.82, 2.24) is 15.1 Å². The van der Waals surface area contributed by atoms with Gasteiger partial charge in [0.15, 0.2) is 0 Å². The molecular formula is C24H28ClN3O3. The monoisotopic (exact) mass is 441 g/mol. The Morgan fingerprint density at radius 1 is 1.16 bits per heavy atom. The molecule has 31 heavy (non-hydrogen) atoms. The summed E-state index contributed by atoms with van der Waals surface area (Å²) in [6.45, 7) is 9.33. The zero-order valence-corrected chi connectivity index (χ0v) is 18.8. The first kappa shape index (κ1) is 21.7. The number of hydrogen-bond acceptors (Lipinski definition) is 5. The Hall–Kier alpha value is -2.54. The van der Waals surface area contributed by atoms with Crippen molar-refractivity contribution < 1.29 is 14.6 Å². The summed E-state index contributed by atoms with van der Waals surface area (Å²) in [5, 5.41) is 18.8. The molecule has 0 radical (unpaired) electrons. The number of rotatable bonds is 6. The van der Waals surface area contributed by atoms with E-state index in [0.717, 1.165) is 36.5 Å². The zero-order chi connectivity index (χ0) is 22.0. The first-order valence-electron chi connectivity index (χ1n) is 10.6. The molecule has 3 aromatic rings. The van der Waals surface area contributed by atoms with E-state index in [4.69, 9.17) is 21.1 Å². The van der Waals surface area contributed by atoms with E-state index in [1.54, 1.807) is 6.07 Å². The number of aromatic amines is 1. The van der Waals surface area contributed by atoms with Gasteiger partial charge in [0.25, 0.3) is 0 Å². The molecular weight excluding hydrogens is 414 g/mol. The van der Waals surface area contributed by atoms with Crippen LogP contribution in [0.1, 0.15) is 19.5 Å². The van der Waals surface area contributed by atoms with Crippen molar-refractivity contribution in [3.05, 3.63) is 53.2 Å². The molecule has 164 valence electrons. The minimum atomic E-state index is 0.132. The highest BCUT2D eigenvalue weighted by atomic mass is 35.5. The number of benzene rings is 2. The van der Waals surface area contributed by atoms with Crippen molar-refractivity contribution in [1.29, 1.82) is 0 Å². The summed E-state index contributed by atoms with van der Waals surface area (Å²) in [6, 6.07) is 13.0. The minimum Gasteiger partial charge on any atom is -0.507 e. The minimum absolute atomic E-state index is 0.132. The molecule has 2 heterocycles. The summed E-state index contributed by atoms with van der Waals surface area (Å²) < 4.78 is 11.7. The number of nitrogens with one attached hydrogen (secondary N) is 1. The molecule has 1 aromatic heterocycles. The molecule has 0 saturated carbocycles. The molecule has 1 fully saturated rings. The van der Waals surface area contributed by atoms with E-state index in [0.29, 0.717) is 28.6 Å². The third-order valence-corrected chi connectivity index (χ3v) is 5.73. The molecule has 0 bridgehead atoms. The van der Waals surface area contributed by atoms with Crippen LogP contribution in [0.15, 0.2) is 42.5 Å². The van der Waals surface area contributed by atoms with Crippen LogP contribution in [-0.4, -0.2) is 58.7 Å². The molecule has 2 atom stereocenters. The maximum Gasteiger partial charge on any atom is 0.128 e. The quantitative estimate of drug-likeness (QED) is 0.569. The van der Waals surface area contributed by atoms with Crippen molar-refractivity contribution in [3.8, 4) is 33.9 Å². The van der Waals surface area contributed by atoms with Gasteiger partial charge in [0.1, 0.15) is 23.8 Å². The second-order valence-electron chi connectivity index (χ2n) is 8.12. The predicted octanol–water partition coefficient (Wildman–Crippen LogP) is 4.90. The lowest BCUT2D eigenvalue weighted by Gasteiger charge is -2.35. The highest BCUT2D eigenvalue weighted by molar-refractivity contribution is 6.30. The summed E-state index contributed by atoms with van der Waals surface area (Å²) in [5.74, 6) is 0.767. The summed E-state index contributed by atoms with van der Waals surface area (Å²) in [6.07, 6.45) is 0.471. The van der Waals surface area contributed by atoms with Crippen LogP contribution >= 0.6 is 11.6 Å². The maximum atomic E-state index is 10.7. The molecule has 1 aliphatic heterocycles. The molecule has 1 aliphatic rings.